The van der Waals surface area contributed by atoms with Crippen LogP contribution in [-0.4, -0.2) is 0 Å². The molecule has 2 heterocycles. The molecule has 0 atom stereocenters. The number of nitrogens with zero attached hydrogens (tertiary/aromatic N) is 1. The fourth-order valence-electron chi connectivity index (χ4n) is 4.74. The second kappa shape index (κ2) is 10.2. The van der Waals surface area contributed by atoms with Crippen LogP contribution in [0.25, 0.3) is 22.3 Å². The molecule has 0 aliphatic heterocycles. The van der Waals surface area contributed by atoms with E-state index in [1.165, 1.54) is 33.5 Å². The molecule has 35 heavy (non-hydrogen) atoms. The highest BCUT2D eigenvalue weighted by molar-refractivity contribution is 7.09. The number of anilines is 3. The molecule has 0 aliphatic carbocycles. The topological polar surface area (TPSA) is 29.3 Å². The smallest absolute Gasteiger partial charge is 0.0647 e. The lowest BCUT2D eigenvalue weighted by Gasteiger charge is -2.30. The normalized spacial score (nSPS) is 11.5. The Balaban J connectivity index is 1.67. The molecular weight excluding hydrogens is 464 g/mol. The Morgan fingerprint density at radius 2 is 1.09 bits per heavy atom. The number of rotatable bonds is 8. The molecule has 0 amide bonds. The lowest BCUT2D eigenvalue weighted by atomic mass is 9.81. The Kier molecular flexibility index (Phi) is 6.87. The summed E-state index contributed by atoms with van der Waals surface area (Å²) < 4.78 is 0. The molecule has 2 nitrogen and oxygen atoms in total. The summed E-state index contributed by atoms with van der Waals surface area (Å²) in [5.74, 6) is 0. The highest BCUT2D eigenvalue weighted by atomic mass is 32.1. The van der Waals surface area contributed by atoms with Gasteiger partial charge in [0.15, 0.2) is 0 Å². The summed E-state index contributed by atoms with van der Waals surface area (Å²) in [4.78, 5) is 2.35. The average molecular weight is 495 g/mol. The highest BCUT2D eigenvalue weighted by Gasteiger charge is 2.28. The highest BCUT2D eigenvalue weighted by Crippen LogP contribution is 2.47. The molecule has 0 saturated heterocycles. The van der Waals surface area contributed by atoms with Crippen LogP contribution in [0.1, 0.15) is 32.3 Å². The van der Waals surface area contributed by atoms with Crippen LogP contribution in [0.5, 0.6) is 0 Å². The van der Waals surface area contributed by atoms with Crippen LogP contribution in [0.2, 0.25) is 0 Å². The molecule has 3 aromatic carbocycles. The molecule has 0 saturated carbocycles. The summed E-state index contributed by atoms with van der Waals surface area (Å²) in [7, 11) is 0. The van der Waals surface area contributed by atoms with Crippen LogP contribution in [-0.2, 0) is 5.54 Å². The Morgan fingerprint density at radius 1 is 0.600 bits per heavy atom. The van der Waals surface area contributed by atoms with Crippen molar-refractivity contribution in [2.75, 3.05) is 4.90 Å². The molecule has 4 heteroatoms. The van der Waals surface area contributed by atoms with Crippen LogP contribution >= 0.6 is 22.7 Å². The van der Waals surface area contributed by atoms with Gasteiger partial charge in [0.25, 0.3) is 0 Å². The summed E-state index contributed by atoms with van der Waals surface area (Å²) >= 11 is 3.49. The molecule has 0 unspecified atom stereocenters. The fraction of sp³-hybridized carbons (Fsp3) is 0.161. The summed E-state index contributed by atoms with van der Waals surface area (Å²) in [5, 5.41) is 9.09. The second-order valence-corrected chi connectivity index (χ2v) is 10.3. The first-order valence-electron chi connectivity index (χ1n) is 12.1. The predicted octanol–water partition coefficient (Wildman–Crippen LogP) is 9.59. The minimum atomic E-state index is -0.340. The van der Waals surface area contributed by atoms with Gasteiger partial charge in [-0.3, -0.25) is 0 Å². The van der Waals surface area contributed by atoms with E-state index >= 15 is 0 Å². The maximum absolute atomic E-state index is 6.92. The molecule has 0 aliphatic rings. The SMILES string of the molecule is CCC(N)(CC)c1ccccc1-c1cscc1-c1cscc1N(c1ccccc1)c1ccccc1. The van der Waals surface area contributed by atoms with Gasteiger partial charge in [0.2, 0.25) is 0 Å². The maximum Gasteiger partial charge on any atom is 0.0647 e. The van der Waals surface area contributed by atoms with Crippen molar-refractivity contribution >= 4 is 39.7 Å². The first-order chi connectivity index (χ1) is 17.2. The van der Waals surface area contributed by atoms with Gasteiger partial charge in [-0.1, -0.05) is 74.5 Å². The van der Waals surface area contributed by atoms with Gasteiger partial charge in [0, 0.05) is 44.4 Å². The van der Waals surface area contributed by atoms with Crippen molar-refractivity contribution in [1.82, 2.24) is 0 Å². The number of para-hydroxylation sites is 2. The molecule has 0 bridgehead atoms. The monoisotopic (exact) mass is 494 g/mol. The van der Waals surface area contributed by atoms with Gasteiger partial charge in [-0.25, -0.2) is 0 Å². The van der Waals surface area contributed by atoms with Crippen LogP contribution in [0.15, 0.2) is 106 Å². The van der Waals surface area contributed by atoms with E-state index in [1.54, 1.807) is 22.7 Å². The molecule has 2 N–H and O–H groups in total. The summed E-state index contributed by atoms with van der Waals surface area (Å²) in [6.45, 7) is 4.37. The first-order valence-corrected chi connectivity index (χ1v) is 14.0. The van der Waals surface area contributed by atoms with Gasteiger partial charge >= 0.3 is 0 Å². The molecule has 176 valence electrons. The van der Waals surface area contributed by atoms with Crippen molar-refractivity contribution in [1.29, 1.82) is 0 Å². The molecule has 0 fully saturated rings. The lowest BCUT2D eigenvalue weighted by Crippen LogP contribution is -2.35. The van der Waals surface area contributed by atoms with Crippen LogP contribution in [0.4, 0.5) is 17.1 Å². The van der Waals surface area contributed by atoms with Gasteiger partial charge in [-0.05, 0) is 59.0 Å². The average Bonchev–Trinajstić information content (AvgIpc) is 3.59. The van der Waals surface area contributed by atoms with E-state index in [0.29, 0.717) is 0 Å². The van der Waals surface area contributed by atoms with E-state index < -0.39 is 0 Å². The minimum absolute atomic E-state index is 0.340. The summed E-state index contributed by atoms with van der Waals surface area (Å²) in [6, 6.07) is 29.9. The van der Waals surface area contributed by atoms with Crippen LogP contribution in [0.3, 0.4) is 0 Å². The van der Waals surface area contributed by atoms with Gasteiger partial charge in [-0.2, -0.15) is 11.3 Å². The zero-order valence-electron chi connectivity index (χ0n) is 20.1. The van der Waals surface area contributed by atoms with Gasteiger partial charge in [-0.15, -0.1) is 11.3 Å². The fourth-order valence-corrected chi connectivity index (χ4v) is 6.40. The van der Waals surface area contributed by atoms with E-state index in [2.05, 4.69) is 125 Å². The lowest BCUT2D eigenvalue weighted by molar-refractivity contribution is 0.414. The van der Waals surface area contributed by atoms with Crippen molar-refractivity contribution < 1.29 is 0 Å². The number of hydrogen-bond acceptors (Lipinski definition) is 4. The van der Waals surface area contributed by atoms with E-state index in [-0.39, 0.29) is 5.54 Å². The van der Waals surface area contributed by atoms with E-state index in [9.17, 15) is 0 Å². The number of benzene rings is 3. The third-order valence-corrected chi connectivity index (χ3v) is 8.35. The summed E-state index contributed by atoms with van der Waals surface area (Å²) in [6.07, 6.45) is 1.80. The molecule has 5 rings (SSSR count). The Bertz CT molecular complexity index is 1340. The van der Waals surface area contributed by atoms with Crippen molar-refractivity contribution in [3.8, 4) is 22.3 Å². The molecule has 2 aromatic heterocycles. The standard InChI is InChI=1S/C31H30N2S2/c1-3-31(32,4-2)29-18-12-11-17-25(29)26-19-34-20-27(26)28-21-35-22-30(28)33(23-13-7-5-8-14-23)24-15-9-6-10-16-24/h5-22H,3-4,32H2,1-2H3. The van der Waals surface area contributed by atoms with E-state index in [0.717, 1.165) is 24.2 Å². The van der Waals surface area contributed by atoms with E-state index in [4.69, 9.17) is 5.73 Å². The Hall–Kier alpha value is -3.18. The van der Waals surface area contributed by atoms with Crippen molar-refractivity contribution in [3.05, 3.63) is 112 Å². The molecule has 5 aromatic rings. The first kappa shape index (κ1) is 23.6. The van der Waals surface area contributed by atoms with Gasteiger partial charge in [0.1, 0.15) is 0 Å². The summed E-state index contributed by atoms with van der Waals surface area (Å²) in [5.41, 5.74) is 16.3. The molecule has 0 radical (unpaired) electrons. The van der Waals surface area contributed by atoms with Crippen molar-refractivity contribution in [2.45, 2.75) is 32.2 Å². The number of thiophene rings is 2. The largest absolute Gasteiger partial charge is 0.321 e. The van der Waals surface area contributed by atoms with Gasteiger partial charge < -0.3 is 10.6 Å². The van der Waals surface area contributed by atoms with Crippen molar-refractivity contribution in [2.24, 2.45) is 5.73 Å². The zero-order chi connectivity index (χ0) is 24.3. The second-order valence-electron chi connectivity index (χ2n) is 8.79. The quantitative estimate of drug-likeness (QED) is 0.233. The van der Waals surface area contributed by atoms with Crippen molar-refractivity contribution in [3.63, 3.8) is 0 Å². The van der Waals surface area contributed by atoms with Crippen LogP contribution in [0, 0.1) is 0 Å². The Morgan fingerprint density at radius 3 is 1.69 bits per heavy atom. The third-order valence-electron chi connectivity index (χ3n) is 6.88. The maximum atomic E-state index is 6.92. The Labute approximate surface area is 216 Å². The van der Waals surface area contributed by atoms with Gasteiger partial charge in [0.05, 0.1) is 5.69 Å². The third kappa shape index (κ3) is 4.45. The number of hydrogen-bond donors (Lipinski definition) is 1. The minimum Gasteiger partial charge on any atom is -0.321 e. The predicted molar refractivity (Wildman–Crippen MR) is 154 cm³/mol. The van der Waals surface area contributed by atoms with Crippen LogP contribution < -0.4 is 10.6 Å². The molecule has 0 spiro atoms. The number of nitrogens with two attached hydrogens (primary N) is 1. The van der Waals surface area contributed by atoms with E-state index in [1.807, 2.05) is 0 Å². The zero-order valence-corrected chi connectivity index (χ0v) is 21.8. The molecular formula is C31H30N2S2.